The fourth-order valence-corrected chi connectivity index (χ4v) is 1.77. The van der Waals surface area contributed by atoms with E-state index in [1.807, 2.05) is 0 Å². The molecule has 0 saturated carbocycles. The highest BCUT2D eigenvalue weighted by Gasteiger charge is 2.23. The second-order valence-electron chi connectivity index (χ2n) is 4.54. The Labute approximate surface area is 117 Å². The van der Waals surface area contributed by atoms with Crippen LogP contribution in [0.5, 0.6) is 0 Å². The zero-order valence-corrected chi connectivity index (χ0v) is 11.3. The van der Waals surface area contributed by atoms with Gasteiger partial charge in [-0.25, -0.2) is 9.18 Å². The van der Waals surface area contributed by atoms with E-state index in [1.165, 1.54) is 18.2 Å². The molecule has 108 valence electrons. The number of hydrogen-bond acceptors (Lipinski definition) is 2. The van der Waals surface area contributed by atoms with Crippen LogP contribution in [0.15, 0.2) is 36.9 Å². The van der Waals surface area contributed by atoms with Crippen LogP contribution in [0.2, 0.25) is 0 Å². The summed E-state index contributed by atoms with van der Waals surface area (Å²) in [6.07, 6.45) is 2.37. The molecule has 2 atom stereocenters. The normalized spacial score (nSPS) is 13.3. The molecule has 0 radical (unpaired) electrons. The van der Waals surface area contributed by atoms with Gasteiger partial charge in [0.1, 0.15) is 11.9 Å². The first kappa shape index (κ1) is 15.9. The highest BCUT2D eigenvalue weighted by atomic mass is 19.1. The maximum absolute atomic E-state index is 13.1. The molecule has 2 N–H and O–H groups in total. The molecule has 5 heteroatoms. The Bertz CT molecular complexity index is 502. The number of halogens is 1. The number of amides is 1. The third-order valence-corrected chi connectivity index (χ3v) is 3.02. The third-order valence-electron chi connectivity index (χ3n) is 3.02. The molecule has 20 heavy (non-hydrogen) atoms. The van der Waals surface area contributed by atoms with Gasteiger partial charge in [0.25, 0.3) is 0 Å². The van der Waals surface area contributed by atoms with Crippen molar-refractivity contribution in [2.24, 2.45) is 0 Å². The Morgan fingerprint density at radius 1 is 1.50 bits per heavy atom. The van der Waals surface area contributed by atoms with Crippen molar-refractivity contribution in [2.45, 2.75) is 31.7 Å². The average Bonchev–Trinajstić information content (AvgIpc) is 2.42. The van der Waals surface area contributed by atoms with Gasteiger partial charge in [-0.15, -0.1) is 6.58 Å². The van der Waals surface area contributed by atoms with Crippen molar-refractivity contribution in [1.82, 2.24) is 5.32 Å². The number of carbonyl (C=O) groups excluding carboxylic acids is 1. The summed E-state index contributed by atoms with van der Waals surface area (Å²) in [5.41, 5.74) is 0.510. The zero-order valence-electron chi connectivity index (χ0n) is 11.3. The number of nitrogens with one attached hydrogen (secondary N) is 1. The molecular weight excluding hydrogens is 261 g/mol. The summed E-state index contributed by atoms with van der Waals surface area (Å²) in [4.78, 5) is 23.1. The minimum Gasteiger partial charge on any atom is -0.480 e. The van der Waals surface area contributed by atoms with Gasteiger partial charge in [0.2, 0.25) is 5.91 Å². The van der Waals surface area contributed by atoms with Gasteiger partial charge in [0.05, 0.1) is 5.92 Å². The lowest BCUT2D eigenvalue weighted by atomic mass is 9.99. The molecule has 2 unspecified atom stereocenters. The molecule has 0 aliphatic heterocycles. The van der Waals surface area contributed by atoms with E-state index >= 15 is 0 Å². The topological polar surface area (TPSA) is 66.4 Å². The minimum atomic E-state index is -1.09. The van der Waals surface area contributed by atoms with Crippen LogP contribution >= 0.6 is 0 Å². The standard InChI is InChI=1S/C15H18FNO3/c1-3-4-8-13(15(19)20)17-14(18)10(2)11-6-5-7-12(16)9-11/h3,5-7,9-10,13H,1,4,8H2,2H3,(H,17,18)(H,19,20). The van der Waals surface area contributed by atoms with Gasteiger partial charge < -0.3 is 10.4 Å². The fraction of sp³-hybridized carbons (Fsp3) is 0.333. The summed E-state index contributed by atoms with van der Waals surface area (Å²) < 4.78 is 13.1. The van der Waals surface area contributed by atoms with Crippen molar-refractivity contribution in [3.63, 3.8) is 0 Å². The Morgan fingerprint density at radius 3 is 2.75 bits per heavy atom. The highest BCUT2D eigenvalue weighted by molar-refractivity contribution is 5.87. The quantitative estimate of drug-likeness (QED) is 0.753. The predicted molar refractivity (Wildman–Crippen MR) is 73.8 cm³/mol. The van der Waals surface area contributed by atoms with Gasteiger partial charge in [-0.2, -0.15) is 0 Å². The highest BCUT2D eigenvalue weighted by Crippen LogP contribution is 2.16. The van der Waals surface area contributed by atoms with Crippen molar-refractivity contribution in [3.8, 4) is 0 Å². The van der Waals surface area contributed by atoms with Crippen LogP contribution in [0.4, 0.5) is 4.39 Å². The smallest absolute Gasteiger partial charge is 0.326 e. The molecular formula is C15H18FNO3. The third kappa shape index (κ3) is 4.50. The number of benzene rings is 1. The lowest BCUT2D eigenvalue weighted by Crippen LogP contribution is -2.42. The number of aliphatic carboxylic acids is 1. The second kappa shape index (κ2) is 7.43. The minimum absolute atomic E-state index is 0.278. The first-order chi connectivity index (χ1) is 9.45. The van der Waals surface area contributed by atoms with Gasteiger partial charge in [0.15, 0.2) is 0 Å². The summed E-state index contributed by atoms with van der Waals surface area (Å²) in [5, 5.41) is 11.5. The van der Waals surface area contributed by atoms with Crippen molar-refractivity contribution in [1.29, 1.82) is 0 Å². The molecule has 0 bridgehead atoms. The van der Waals surface area contributed by atoms with Crippen molar-refractivity contribution >= 4 is 11.9 Å². The molecule has 0 fully saturated rings. The van der Waals surface area contributed by atoms with Crippen LogP contribution in [-0.4, -0.2) is 23.0 Å². The van der Waals surface area contributed by atoms with E-state index in [9.17, 15) is 14.0 Å². The van der Waals surface area contributed by atoms with Crippen LogP contribution in [0.1, 0.15) is 31.2 Å². The Kier molecular flexibility index (Phi) is 5.90. The summed E-state index contributed by atoms with van der Waals surface area (Å²) >= 11 is 0. The Hall–Kier alpha value is -2.17. The molecule has 4 nitrogen and oxygen atoms in total. The maximum atomic E-state index is 13.1. The van der Waals surface area contributed by atoms with Crippen LogP contribution in [-0.2, 0) is 9.59 Å². The number of allylic oxidation sites excluding steroid dienone is 1. The number of carboxylic acid groups (broad SMARTS) is 1. The maximum Gasteiger partial charge on any atom is 0.326 e. The first-order valence-corrected chi connectivity index (χ1v) is 6.35. The SMILES string of the molecule is C=CCCC(NC(=O)C(C)c1cccc(F)c1)C(=O)O. The van der Waals surface area contributed by atoms with Crippen molar-refractivity contribution in [3.05, 3.63) is 48.3 Å². The fourth-order valence-electron chi connectivity index (χ4n) is 1.77. The van der Waals surface area contributed by atoms with E-state index in [0.29, 0.717) is 12.0 Å². The van der Waals surface area contributed by atoms with Crippen LogP contribution in [0.3, 0.4) is 0 Å². The summed E-state index contributed by atoms with van der Waals surface area (Å²) in [7, 11) is 0. The molecule has 1 aromatic rings. The molecule has 0 aliphatic rings. The summed E-state index contributed by atoms with van der Waals surface area (Å²) in [5.74, 6) is -2.57. The number of carboxylic acids is 1. The van der Waals surface area contributed by atoms with E-state index < -0.39 is 29.7 Å². The number of rotatable bonds is 7. The monoisotopic (exact) mass is 279 g/mol. The van der Waals surface area contributed by atoms with Gasteiger partial charge in [-0.3, -0.25) is 4.79 Å². The Balaban J connectivity index is 2.73. The van der Waals surface area contributed by atoms with E-state index in [2.05, 4.69) is 11.9 Å². The molecule has 0 aromatic heterocycles. The van der Waals surface area contributed by atoms with Gasteiger partial charge in [-0.1, -0.05) is 18.2 Å². The first-order valence-electron chi connectivity index (χ1n) is 6.35. The molecule has 1 aromatic carbocycles. The van der Waals surface area contributed by atoms with E-state index in [-0.39, 0.29) is 6.42 Å². The molecule has 1 rings (SSSR count). The van der Waals surface area contributed by atoms with Crippen LogP contribution in [0, 0.1) is 5.82 Å². The largest absolute Gasteiger partial charge is 0.480 e. The van der Waals surface area contributed by atoms with E-state index in [4.69, 9.17) is 5.11 Å². The van der Waals surface area contributed by atoms with Gasteiger partial charge in [0, 0.05) is 0 Å². The lowest BCUT2D eigenvalue weighted by molar-refractivity contribution is -0.142. The van der Waals surface area contributed by atoms with Crippen molar-refractivity contribution < 1.29 is 19.1 Å². The van der Waals surface area contributed by atoms with Crippen molar-refractivity contribution in [2.75, 3.05) is 0 Å². The number of carbonyl (C=O) groups is 2. The van der Waals surface area contributed by atoms with Crippen LogP contribution < -0.4 is 5.32 Å². The molecule has 0 heterocycles. The lowest BCUT2D eigenvalue weighted by Gasteiger charge is -2.17. The zero-order chi connectivity index (χ0) is 15.1. The molecule has 0 aliphatic carbocycles. The van der Waals surface area contributed by atoms with E-state index in [1.54, 1.807) is 19.1 Å². The molecule has 0 saturated heterocycles. The number of hydrogen-bond donors (Lipinski definition) is 2. The second-order valence-corrected chi connectivity index (χ2v) is 4.54. The predicted octanol–water partition coefficient (Wildman–Crippen LogP) is 2.46. The molecule has 1 amide bonds. The Morgan fingerprint density at radius 2 is 2.20 bits per heavy atom. The van der Waals surface area contributed by atoms with Gasteiger partial charge in [-0.05, 0) is 37.5 Å². The summed E-state index contributed by atoms with van der Waals surface area (Å²) in [6.45, 7) is 5.12. The van der Waals surface area contributed by atoms with Crippen LogP contribution in [0.25, 0.3) is 0 Å². The van der Waals surface area contributed by atoms with E-state index in [0.717, 1.165) is 0 Å². The summed E-state index contributed by atoms with van der Waals surface area (Å²) in [6, 6.07) is 4.74. The molecule has 0 spiro atoms. The average molecular weight is 279 g/mol. The van der Waals surface area contributed by atoms with Gasteiger partial charge >= 0.3 is 5.97 Å².